The molecule has 1 atom stereocenters. The maximum Gasteiger partial charge on any atom is 0.147 e. The molecule has 4 heteroatoms. The van der Waals surface area contributed by atoms with Gasteiger partial charge in [0.25, 0.3) is 0 Å². The Labute approximate surface area is 107 Å². The van der Waals surface area contributed by atoms with Gasteiger partial charge in [-0.15, -0.1) is 0 Å². The number of halogens is 1. The molecule has 3 nitrogen and oxygen atoms in total. The number of hydrogen-bond acceptors (Lipinski definition) is 3. The van der Waals surface area contributed by atoms with Crippen LogP contribution in [0.4, 0.5) is 5.82 Å². The van der Waals surface area contributed by atoms with Crippen molar-refractivity contribution in [1.82, 2.24) is 10.3 Å². The largest absolute Gasteiger partial charge is 0.351 e. The molecule has 1 aliphatic heterocycles. The molecule has 3 rings (SSSR count). The SMILES string of the molecule is Clc1cccnc1N(CC1CCCN1)C1CC1. The number of pyridine rings is 1. The summed E-state index contributed by atoms with van der Waals surface area (Å²) in [4.78, 5) is 6.84. The molecule has 1 saturated heterocycles. The zero-order valence-corrected chi connectivity index (χ0v) is 10.7. The van der Waals surface area contributed by atoms with Crippen LogP contribution in [0.15, 0.2) is 18.3 Å². The van der Waals surface area contributed by atoms with Crippen LogP contribution >= 0.6 is 11.6 Å². The second kappa shape index (κ2) is 4.83. The normalized spacial score (nSPS) is 23.9. The molecule has 0 amide bonds. The summed E-state index contributed by atoms with van der Waals surface area (Å²) in [6, 6.07) is 5.09. The lowest BCUT2D eigenvalue weighted by Crippen LogP contribution is -2.39. The molecule has 2 fully saturated rings. The summed E-state index contributed by atoms with van der Waals surface area (Å²) in [6.07, 6.45) is 6.95. The van der Waals surface area contributed by atoms with Gasteiger partial charge in [0.2, 0.25) is 0 Å². The fourth-order valence-corrected chi connectivity index (χ4v) is 2.76. The van der Waals surface area contributed by atoms with Gasteiger partial charge in [0.1, 0.15) is 5.82 Å². The summed E-state index contributed by atoms with van der Waals surface area (Å²) < 4.78 is 0. The highest BCUT2D eigenvalue weighted by Gasteiger charge is 2.33. The van der Waals surface area contributed by atoms with Crippen molar-refractivity contribution >= 4 is 17.4 Å². The summed E-state index contributed by atoms with van der Waals surface area (Å²) in [5.41, 5.74) is 0. The van der Waals surface area contributed by atoms with Crippen LogP contribution in [-0.2, 0) is 0 Å². The van der Waals surface area contributed by atoms with Crippen LogP contribution in [-0.4, -0.2) is 30.2 Å². The Kier molecular flexibility index (Phi) is 3.21. The maximum absolute atomic E-state index is 6.25. The van der Waals surface area contributed by atoms with Gasteiger partial charge in [-0.05, 0) is 44.4 Å². The molecular weight excluding hydrogens is 234 g/mol. The zero-order valence-electron chi connectivity index (χ0n) is 9.90. The van der Waals surface area contributed by atoms with Gasteiger partial charge in [-0.3, -0.25) is 0 Å². The minimum Gasteiger partial charge on any atom is -0.351 e. The lowest BCUT2D eigenvalue weighted by molar-refractivity contribution is 0.575. The van der Waals surface area contributed by atoms with Crippen molar-refractivity contribution in [2.24, 2.45) is 0 Å². The van der Waals surface area contributed by atoms with Crippen molar-refractivity contribution < 1.29 is 0 Å². The fourth-order valence-electron chi connectivity index (χ4n) is 2.53. The standard InChI is InChI=1S/C13H18ClN3/c14-12-4-2-8-16-13(12)17(11-5-6-11)9-10-3-1-7-15-10/h2,4,8,10-11,15H,1,3,5-7,9H2. The molecule has 0 bridgehead atoms. The fraction of sp³-hybridized carbons (Fsp3) is 0.615. The van der Waals surface area contributed by atoms with E-state index in [4.69, 9.17) is 11.6 Å². The first-order chi connectivity index (χ1) is 8.34. The Bertz CT molecular complexity index is 386. The van der Waals surface area contributed by atoms with Crippen LogP contribution in [0.25, 0.3) is 0 Å². The maximum atomic E-state index is 6.25. The summed E-state index contributed by atoms with van der Waals surface area (Å²) in [5.74, 6) is 0.963. The van der Waals surface area contributed by atoms with Crippen molar-refractivity contribution in [2.75, 3.05) is 18.0 Å². The van der Waals surface area contributed by atoms with Crippen molar-refractivity contribution in [2.45, 2.75) is 37.8 Å². The number of rotatable bonds is 4. The van der Waals surface area contributed by atoms with Crippen molar-refractivity contribution in [1.29, 1.82) is 0 Å². The average molecular weight is 252 g/mol. The quantitative estimate of drug-likeness (QED) is 0.891. The number of nitrogens with one attached hydrogen (secondary N) is 1. The second-order valence-electron chi connectivity index (χ2n) is 4.99. The molecule has 1 aromatic rings. The number of aromatic nitrogens is 1. The molecule has 1 unspecified atom stereocenters. The van der Waals surface area contributed by atoms with Crippen LogP contribution in [0.3, 0.4) is 0 Å². The molecule has 1 aliphatic carbocycles. The van der Waals surface area contributed by atoms with Crippen LogP contribution in [0.2, 0.25) is 5.02 Å². The smallest absolute Gasteiger partial charge is 0.147 e. The second-order valence-corrected chi connectivity index (χ2v) is 5.39. The Morgan fingerprint density at radius 2 is 2.29 bits per heavy atom. The minimum atomic E-state index is 0.605. The van der Waals surface area contributed by atoms with Gasteiger partial charge in [0.15, 0.2) is 0 Å². The molecule has 1 aromatic heterocycles. The highest BCUT2D eigenvalue weighted by atomic mass is 35.5. The third-order valence-electron chi connectivity index (χ3n) is 3.58. The lowest BCUT2D eigenvalue weighted by atomic mass is 10.2. The molecule has 0 aromatic carbocycles. The van der Waals surface area contributed by atoms with E-state index in [9.17, 15) is 0 Å². The van der Waals surface area contributed by atoms with Gasteiger partial charge in [-0.25, -0.2) is 4.98 Å². The predicted octanol–water partition coefficient (Wildman–Crippen LogP) is 2.46. The number of nitrogens with zero attached hydrogens (tertiary/aromatic N) is 2. The van der Waals surface area contributed by atoms with Crippen molar-refractivity contribution in [3.63, 3.8) is 0 Å². The van der Waals surface area contributed by atoms with Gasteiger partial charge in [0.05, 0.1) is 5.02 Å². The van der Waals surface area contributed by atoms with E-state index in [0.717, 1.165) is 23.9 Å². The molecule has 1 saturated carbocycles. The van der Waals surface area contributed by atoms with Gasteiger partial charge in [-0.1, -0.05) is 11.6 Å². The Hall–Kier alpha value is -0.800. The molecule has 2 aliphatic rings. The Morgan fingerprint density at radius 1 is 1.41 bits per heavy atom. The van der Waals surface area contributed by atoms with E-state index in [1.54, 1.807) is 0 Å². The van der Waals surface area contributed by atoms with E-state index in [0.29, 0.717) is 12.1 Å². The van der Waals surface area contributed by atoms with E-state index in [1.165, 1.54) is 25.7 Å². The molecular formula is C13H18ClN3. The Morgan fingerprint density at radius 3 is 2.94 bits per heavy atom. The molecule has 1 N–H and O–H groups in total. The lowest BCUT2D eigenvalue weighted by Gasteiger charge is -2.27. The van der Waals surface area contributed by atoms with E-state index in [-0.39, 0.29) is 0 Å². The Balaban J connectivity index is 1.77. The van der Waals surface area contributed by atoms with Crippen LogP contribution in [0.1, 0.15) is 25.7 Å². The first-order valence-corrected chi connectivity index (χ1v) is 6.83. The van der Waals surface area contributed by atoms with Gasteiger partial charge in [0, 0.05) is 24.8 Å². The van der Waals surface area contributed by atoms with Gasteiger partial charge >= 0.3 is 0 Å². The first kappa shape index (κ1) is 11.3. The first-order valence-electron chi connectivity index (χ1n) is 6.45. The molecule has 0 radical (unpaired) electrons. The average Bonchev–Trinajstić information content (AvgIpc) is 3.05. The highest BCUT2D eigenvalue weighted by Crippen LogP contribution is 2.34. The van der Waals surface area contributed by atoms with Crippen molar-refractivity contribution in [3.05, 3.63) is 23.4 Å². The van der Waals surface area contributed by atoms with Crippen LogP contribution in [0, 0.1) is 0 Å². The molecule has 92 valence electrons. The molecule has 2 heterocycles. The third kappa shape index (κ3) is 2.55. The van der Waals surface area contributed by atoms with E-state index < -0.39 is 0 Å². The van der Waals surface area contributed by atoms with Crippen molar-refractivity contribution in [3.8, 4) is 0 Å². The number of anilines is 1. The summed E-state index contributed by atoms with van der Waals surface area (Å²) in [6.45, 7) is 2.19. The highest BCUT2D eigenvalue weighted by molar-refractivity contribution is 6.32. The van der Waals surface area contributed by atoms with Gasteiger partial charge in [-0.2, -0.15) is 0 Å². The van der Waals surface area contributed by atoms with E-state index >= 15 is 0 Å². The summed E-state index contributed by atoms with van der Waals surface area (Å²) in [5, 5.41) is 4.32. The molecule has 17 heavy (non-hydrogen) atoms. The van der Waals surface area contributed by atoms with E-state index in [2.05, 4.69) is 15.2 Å². The van der Waals surface area contributed by atoms with Crippen LogP contribution in [0.5, 0.6) is 0 Å². The molecule has 0 spiro atoms. The third-order valence-corrected chi connectivity index (χ3v) is 3.87. The van der Waals surface area contributed by atoms with E-state index in [1.807, 2.05) is 18.3 Å². The van der Waals surface area contributed by atoms with Crippen LogP contribution < -0.4 is 10.2 Å². The number of hydrogen-bond donors (Lipinski definition) is 1. The zero-order chi connectivity index (χ0) is 11.7. The van der Waals surface area contributed by atoms with Gasteiger partial charge < -0.3 is 10.2 Å². The summed E-state index contributed by atoms with van der Waals surface area (Å²) in [7, 11) is 0. The predicted molar refractivity (Wildman–Crippen MR) is 70.6 cm³/mol. The topological polar surface area (TPSA) is 28.2 Å². The summed E-state index contributed by atoms with van der Waals surface area (Å²) >= 11 is 6.25. The minimum absolute atomic E-state index is 0.605. The monoisotopic (exact) mass is 251 g/mol.